The van der Waals surface area contributed by atoms with Crippen LogP contribution in [0.25, 0.3) is 0 Å². The Morgan fingerprint density at radius 1 is 1.24 bits per heavy atom. The molecule has 0 spiro atoms. The predicted molar refractivity (Wildman–Crippen MR) is 73.7 cm³/mol. The molecule has 0 saturated heterocycles. The fourth-order valence-electron chi connectivity index (χ4n) is 1.78. The summed E-state index contributed by atoms with van der Waals surface area (Å²) in [6, 6.07) is 3.31. The lowest BCUT2D eigenvalue weighted by Crippen LogP contribution is -2.38. The van der Waals surface area contributed by atoms with E-state index in [1.54, 1.807) is 4.90 Å². The molecule has 0 aliphatic heterocycles. The normalized spacial score (nSPS) is 10.5. The lowest BCUT2D eigenvalue weighted by molar-refractivity contribution is -0.142. The quantitative estimate of drug-likeness (QED) is 0.780. The second-order valence-corrected chi connectivity index (χ2v) is 4.43. The SMILES string of the molecule is CCCN(CC(=O)Nc1c(F)cccc1F)CC(=O)OC. The minimum Gasteiger partial charge on any atom is -0.468 e. The van der Waals surface area contributed by atoms with Crippen LogP contribution < -0.4 is 5.32 Å². The highest BCUT2D eigenvalue weighted by molar-refractivity contribution is 5.92. The van der Waals surface area contributed by atoms with Crippen LogP contribution >= 0.6 is 0 Å². The fourth-order valence-corrected chi connectivity index (χ4v) is 1.78. The monoisotopic (exact) mass is 300 g/mol. The zero-order chi connectivity index (χ0) is 15.8. The first-order valence-electron chi connectivity index (χ1n) is 6.51. The van der Waals surface area contributed by atoms with E-state index in [1.165, 1.54) is 13.2 Å². The van der Waals surface area contributed by atoms with Crippen molar-refractivity contribution in [1.29, 1.82) is 0 Å². The van der Waals surface area contributed by atoms with Crippen molar-refractivity contribution in [3.63, 3.8) is 0 Å². The van der Waals surface area contributed by atoms with E-state index in [0.717, 1.165) is 18.6 Å². The van der Waals surface area contributed by atoms with Crippen molar-refractivity contribution in [3.8, 4) is 0 Å². The number of rotatable bonds is 7. The number of hydrogen-bond acceptors (Lipinski definition) is 4. The van der Waals surface area contributed by atoms with Crippen molar-refractivity contribution in [1.82, 2.24) is 4.90 Å². The smallest absolute Gasteiger partial charge is 0.319 e. The summed E-state index contributed by atoms with van der Waals surface area (Å²) in [5.74, 6) is -2.78. The number of anilines is 1. The molecule has 5 nitrogen and oxygen atoms in total. The third-order valence-electron chi connectivity index (χ3n) is 2.71. The molecule has 1 rings (SSSR count). The lowest BCUT2D eigenvalue weighted by atomic mass is 10.3. The Balaban J connectivity index is 2.67. The second kappa shape index (κ2) is 8.31. The van der Waals surface area contributed by atoms with Crippen LogP contribution in [0.15, 0.2) is 18.2 Å². The largest absolute Gasteiger partial charge is 0.468 e. The maximum absolute atomic E-state index is 13.4. The molecule has 0 saturated carbocycles. The van der Waals surface area contributed by atoms with Gasteiger partial charge in [-0.3, -0.25) is 14.5 Å². The Hall–Kier alpha value is -2.02. The first-order chi connectivity index (χ1) is 9.97. The highest BCUT2D eigenvalue weighted by Gasteiger charge is 2.17. The molecule has 0 heterocycles. The Kier molecular flexibility index (Phi) is 6.74. The summed E-state index contributed by atoms with van der Waals surface area (Å²) >= 11 is 0. The Morgan fingerprint density at radius 2 is 1.86 bits per heavy atom. The van der Waals surface area contributed by atoms with Gasteiger partial charge in [-0.25, -0.2) is 8.78 Å². The minimum atomic E-state index is -0.849. The molecule has 1 aromatic carbocycles. The average Bonchev–Trinajstić information content (AvgIpc) is 2.43. The van der Waals surface area contributed by atoms with Crippen LogP contribution in [0, 0.1) is 11.6 Å². The Labute approximate surface area is 121 Å². The molecule has 0 aliphatic rings. The van der Waals surface area contributed by atoms with Gasteiger partial charge in [0, 0.05) is 0 Å². The molecule has 0 radical (unpaired) electrons. The van der Waals surface area contributed by atoms with E-state index in [0.29, 0.717) is 6.54 Å². The number of carbonyl (C=O) groups excluding carboxylic acids is 2. The van der Waals surface area contributed by atoms with Gasteiger partial charge in [0.15, 0.2) is 0 Å². The third-order valence-corrected chi connectivity index (χ3v) is 2.71. The zero-order valence-corrected chi connectivity index (χ0v) is 12.0. The van der Waals surface area contributed by atoms with E-state index in [9.17, 15) is 18.4 Å². The molecule has 1 amide bonds. The predicted octanol–water partition coefficient (Wildman–Crippen LogP) is 1.79. The van der Waals surface area contributed by atoms with Crippen LogP contribution in [0.4, 0.5) is 14.5 Å². The summed E-state index contributed by atoms with van der Waals surface area (Å²) in [6.07, 6.45) is 0.721. The Bertz CT molecular complexity index is 489. The number of carbonyl (C=O) groups is 2. The lowest BCUT2D eigenvalue weighted by Gasteiger charge is -2.19. The number of esters is 1. The fraction of sp³-hybridized carbons (Fsp3) is 0.429. The van der Waals surface area contributed by atoms with Crippen molar-refractivity contribution in [3.05, 3.63) is 29.8 Å². The van der Waals surface area contributed by atoms with Gasteiger partial charge in [-0.2, -0.15) is 0 Å². The maximum atomic E-state index is 13.4. The van der Waals surface area contributed by atoms with Gasteiger partial charge in [0.05, 0.1) is 20.2 Å². The second-order valence-electron chi connectivity index (χ2n) is 4.43. The van der Waals surface area contributed by atoms with E-state index in [2.05, 4.69) is 10.1 Å². The topological polar surface area (TPSA) is 58.6 Å². The number of nitrogens with zero attached hydrogens (tertiary/aromatic N) is 1. The molecule has 116 valence electrons. The van der Waals surface area contributed by atoms with E-state index >= 15 is 0 Å². The van der Waals surface area contributed by atoms with Crippen LogP contribution in [0.5, 0.6) is 0 Å². The number of benzene rings is 1. The summed E-state index contributed by atoms with van der Waals surface area (Å²) in [7, 11) is 1.25. The third kappa shape index (κ3) is 5.47. The Morgan fingerprint density at radius 3 is 2.38 bits per heavy atom. The summed E-state index contributed by atoms with van der Waals surface area (Å²) < 4.78 is 31.4. The molecule has 0 unspecified atom stereocenters. The van der Waals surface area contributed by atoms with E-state index in [4.69, 9.17) is 0 Å². The zero-order valence-electron chi connectivity index (χ0n) is 12.0. The summed E-state index contributed by atoms with van der Waals surface area (Å²) in [6.45, 7) is 2.16. The summed E-state index contributed by atoms with van der Waals surface area (Å²) in [5.41, 5.74) is -0.489. The molecule has 1 aromatic rings. The van der Waals surface area contributed by atoms with Crippen LogP contribution in [0.1, 0.15) is 13.3 Å². The highest BCUT2D eigenvalue weighted by Crippen LogP contribution is 2.17. The first-order valence-corrected chi connectivity index (χ1v) is 6.51. The number of methoxy groups -OCH3 is 1. The van der Waals surface area contributed by atoms with Gasteiger partial charge in [-0.1, -0.05) is 13.0 Å². The van der Waals surface area contributed by atoms with E-state index < -0.39 is 29.2 Å². The van der Waals surface area contributed by atoms with Crippen LogP contribution in [0.2, 0.25) is 0 Å². The molecule has 21 heavy (non-hydrogen) atoms. The molecule has 0 aliphatic carbocycles. The number of halogens is 2. The number of amides is 1. The molecule has 0 fully saturated rings. The van der Waals surface area contributed by atoms with Crippen LogP contribution in [-0.4, -0.2) is 43.5 Å². The van der Waals surface area contributed by atoms with Gasteiger partial charge in [-0.15, -0.1) is 0 Å². The van der Waals surface area contributed by atoms with Gasteiger partial charge in [0.1, 0.15) is 17.3 Å². The number of nitrogens with one attached hydrogen (secondary N) is 1. The van der Waals surface area contributed by atoms with Crippen LogP contribution in [0.3, 0.4) is 0 Å². The molecule has 7 heteroatoms. The van der Waals surface area contributed by atoms with E-state index in [1.807, 2.05) is 6.92 Å². The molecular formula is C14H18F2N2O3. The van der Waals surface area contributed by atoms with Gasteiger partial charge in [0.25, 0.3) is 0 Å². The number of ether oxygens (including phenoxy) is 1. The summed E-state index contributed by atoms with van der Waals surface area (Å²) in [4.78, 5) is 24.6. The number of hydrogen-bond donors (Lipinski definition) is 1. The minimum absolute atomic E-state index is 0.0580. The number of para-hydroxylation sites is 1. The maximum Gasteiger partial charge on any atom is 0.319 e. The van der Waals surface area contributed by atoms with Crippen molar-refractivity contribution in [2.75, 3.05) is 32.1 Å². The first kappa shape index (κ1) is 17.0. The van der Waals surface area contributed by atoms with Gasteiger partial charge in [-0.05, 0) is 25.1 Å². The molecule has 0 aromatic heterocycles. The van der Waals surface area contributed by atoms with Gasteiger partial charge >= 0.3 is 5.97 Å². The van der Waals surface area contributed by atoms with E-state index in [-0.39, 0.29) is 13.1 Å². The van der Waals surface area contributed by atoms with Gasteiger partial charge < -0.3 is 10.1 Å². The van der Waals surface area contributed by atoms with Gasteiger partial charge in [0.2, 0.25) is 5.91 Å². The van der Waals surface area contributed by atoms with Crippen molar-refractivity contribution in [2.24, 2.45) is 0 Å². The molecule has 0 atom stereocenters. The summed E-state index contributed by atoms with van der Waals surface area (Å²) in [5, 5.41) is 2.18. The van der Waals surface area contributed by atoms with Crippen molar-refractivity contribution >= 4 is 17.6 Å². The average molecular weight is 300 g/mol. The molecule has 1 N–H and O–H groups in total. The molecular weight excluding hydrogens is 282 g/mol. The van der Waals surface area contributed by atoms with Crippen molar-refractivity contribution in [2.45, 2.75) is 13.3 Å². The standard InChI is InChI=1S/C14H18F2N2O3/c1-3-7-18(9-13(20)21-2)8-12(19)17-14-10(15)5-4-6-11(14)16/h4-6H,3,7-9H2,1-2H3,(H,17,19). The van der Waals surface area contributed by atoms with Crippen molar-refractivity contribution < 1.29 is 23.1 Å². The molecule has 0 bridgehead atoms. The highest BCUT2D eigenvalue weighted by atomic mass is 19.1. The van der Waals surface area contributed by atoms with Crippen LogP contribution in [-0.2, 0) is 14.3 Å².